The zero-order chi connectivity index (χ0) is 14.6. The SMILES string of the molecule is CC(O)(CNC(=O)c1ccc(Br)cc1Br)CC(=O)O. The maximum absolute atomic E-state index is 11.9. The first kappa shape index (κ1) is 16.1. The highest BCUT2D eigenvalue weighted by Gasteiger charge is 2.25. The molecule has 1 aromatic carbocycles. The molecule has 7 heteroatoms. The van der Waals surface area contributed by atoms with Crippen LogP contribution in [0.25, 0.3) is 0 Å². The first-order chi connectivity index (χ1) is 8.71. The number of carboxylic acids is 1. The molecule has 104 valence electrons. The van der Waals surface area contributed by atoms with E-state index in [1.165, 1.54) is 6.92 Å². The maximum Gasteiger partial charge on any atom is 0.306 e. The minimum Gasteiger partial charge on any atom is -0.481 e. The van der Waals surface area contributed by atoms with Crippen molar-refractivity contribution in [2.75, 3.05) is 6.54 Å². The van der Waals surface area contributed by atoms with Gasteiger partial charge in [-0.15, -0.1) is 0 Å². The highest BCUT2D eigenvalue weighted by Crippen LogP contribution is 2.22. The first-order valence-electron chi connectivity index (χ1n) is 5.39. The van der Waals surface area contributed by atoms with Crippen molar-refractivity contribution in [2.24, 2.45) is 0 Å². The van der Waals surface area contributed by atoms with Crippen LogP contribution in [0.4, 0.5) is 0 Å². The monoisotopic (exact) mass is 393 g/mol. The van der Waals surface area contributed by atoms with E-state index in [0.29, 0.717) is 10.0 Å². The van der Waals surface area contributed by atoms with E-state index in [1.54, 1.807) is 18.2 Å². The van der Waals surface area contributed by atoms with E-state index in [4.69, 9.17) is 5.11 Å². The Bertz CT molecular complexity index is 503. The fourth-order valence-electron chi connectivity index (χ4n) is 1.43. The van der Waals surface area contributed by atoms with Gasteiger partial charge < -0.3 is 15.5 Å². The number of nitrogens with one attached hydrogen (secondary N) is 1. The summed E-state index contributed by atoms with van der Waals surface area (Å²) in [5.74, 6) is -1.51. The minimum atomic E-state index is -1.48. The van der Waals surface area contributed by atoms with Crippen molar-refractivity contribution >= 4 is 43.7 Å². The summed E-state index contributed by atoms with van der Waals surface area (Å²) in [6.45, 7) is 1.22. The largest absolute Gasteiger partial charge is 0.481 e. The third kappa shape index (κ3) is 5.30. The normalized spacial score (nSPS) is 13.7. The number of carbonyl (C=O) groups excluding carboxylic acids is 1. The Morgan fingerprint density at radius 1 is 1.37 bits per heavy atom. The third-order valence-corrected chi connectivity index (χ3v) is 3.49. The van der Waals surface area contributed by atoms with Crippen LogP contribution in [0.5, 0.6) is 0 Å². The molecule has 1 rings (SSSR count). The molecule has 0 saturated carbocycles. The van der Waals surface area contributed by atoms with E-state index in [-0.39, 0.29) is 12.5 Å². The topological polar surface area (TPSA) is 86.6 Å². The van der Waals surface area contributed by atoms with E-state index >= 15 is 0 Å². The molecule has 0 aliphatic rings. The van der Waals surface area contributed by atoms with Crippen molar-refractivity contribution in [2.45, 2.75) is 18.9 Å². The van der Waals surface area contributed by atoms with Crippen molar-refractivity contribution in [1.29, 1.82) is 0 Å². The van der Waals surface area contributed by atoms with E-state index in [2.05, 4.69) is 37.2 Å². The summed E-state index contributed by atoms with van der Waals surface area (Å²) in [7, 11) is 0. The molecule has 0 heterocycles. The molecule has 0 radical (unpaired) electrons. The van der Waals surface area contributed by atoms with Gasteiger partial charge >= 0.3 is 5.97 Å². The lowest BCUT2D eigenvalue weighted by Crippen LogP contribution is -2.42. The van der Waals surface area contributed by atoms with Crippen LogP contribution >= 0.6 is 31.9 Å². The van der Waals surface area contributed by atoms with Gasteiger partial charge in [0.15, 0.2) is 0 Å². The molecule has 1 aromatic rings. The van der Waals surface area contributed by atoms with E-state index < -0.39 is 18.0 Å². The average molecular weight is 395 g/mol. The number of hydrogen-bond donors (Lipinski definition) is 3. The second-order valence-corrected chi connectivity index (χ2v) is 6.14. The third-order valence-electron chi connectivity index (χ3n) is 2.34. The summed E-state index contributed by atoms with van der Waals surface area (Å²) in [6, 6.07) is 5.06. The molecule has 19 heavy (non-hydrogen) atoms. The molecule has 1 unspecified atom stereocenters. The van der Waals surface area contributed by atoms with Gasteiger partial charge in [-0.05, 0) is 41.1 Å². The first-order valence-corrected chi connectivity index (χ1v) is 6.97. The standard InChI is InChI=1S/C12H13Br2NO4/c1-12(19,5-10(16)17)6-15-11(18)8-3-2-7(13)4-9(8)14/h2-4,19H,5-6H2,1H3,(H,15,18)(H,16,17). The van der Waals surface area contributed by atoms with Crippen LogP contribution in [0.2, 0.25) is 0 Å². The smallest absolute Gasteiger partial charge is 0.306 e. The van der Waals surface area contributed by atoms with Gasteiger partial charge in [-0.25, -0.2) is 0 Å². The fraction of sp³-hybridized carbons (Fsp3) is 0.333. The average Bonchev–Trinajstić information content (AvgIpc) is 2.24. The molecule has 1 atom stereocenters. The number of benzene rings is 1. The Hall–Kier alpha value is -0.920. The van der Waals surface area contributed by atoms with Crippen LogP contribution in [0.3, 0.4) is 0 Å². The number of rotatable bonds is 5. The molecular weight excluding hydrogens is 382 g/mol. The molecular formula is C12H13Br2NO4. The van der Waals surface area contributed by atoms with Gasteiger partial charge in [0.25, 0.3) is 5.91 Å². The summed E-state index contributed by atoms with van der Waals surface area (Å²) in [4.78, 5) is 22.4. The molecule has 0 aromatic heterocycles. The van der Waals surface area contributed by atoms with E-state index in [0.717, 1.165) is 4.47 Å². The van der Waals surface area contributed by atoms with Crippen molar-refractivity contribution in [3.63, 3.8) is 0 Å². The number of halogens is 2. The summed E-state index contributed by atoms with van der Waals surface area (Å²) in [6.07, 6.45) is -0.436. The van der Waals surface area contributed by atoms with Crippen LogP contribution in [0, 0.1) is 0 Å². The number of hydrogen-bond acceptors (Lipinski definition) is 3. The Labute approximate surface area is 127 Å². The number of aliphatic hydroxyl groups is 1. The maximum atomic E-state index is 11.9. The molecule has 0 aliphatic heterocycles. The Kier molecular flexibility index (Phi) is 5.51. The zero-order valence-corrected chi connectivity index (χ0v) is 13.3. The second kappa shape index (κ2) is 6.49. The van der Waals surface area contributed by atoms with Crippen molar-refractivity contribution in [3.8, 4) is 0 Å². The molecule has 0 fully saturated rings. The number of carbonyl (C=O) groups is 2. The van der Waals surface area contributed by atoms with Crippen molar-refractivity contribution < 1.29 is 19.8 Å². The van der Waals surface area contributed by atoms with Crippen LogP contribution in [0.15, 0.2) is 27.1 Å². The van der Waals surface area contributed by atoms with Crippen LogP contribution in [-0.2, 0) is 4.79 Å². The number of aliphatic carboxylic acids is 1. The second-order valence-electron chi connectivity index (χ2n) is 4.37. The van der Waals surface area contributed by atoms with Gasteiger partial charge in [0.05, 0.1) is 17.6 Å². The van der Waals surface area contributed by atoms with Crippen LogP contribution in [-0.4, -0.2) is 34.2 Å². The van der Waals surface area contributed by atoms with Gasteiger partial charge in [0.1, 0.15) is 0 Å². The van der Waals surface area contributed by atoms with Gasteiger partial charge in [0, 0.05) is 15.5 Å². The van der Waals surface area contributed by atoms with Crippen molar-refractivity contribution in [3.05, 3.63) is 32.7 Å². The summed E-state index contributed by atoms with van der Waals surface area (Å²) in [5.41, 5.74) is -1.07. The lowest BCUT2D eigenvalue weighted by molar-refractivity contribution is -0.141. The van der Waals surface area contributed by atoms with Gasteiger partial charge in [-0.3, -0.25) is 9.59 Å². The fourth-order valence-corrected chi connectivity index (χ4v) is 2.65. The van der Waals surface area contributed by atoms with Gasteiger partial charge in [0.2, 0.25) is 0 Å². The number of amides is 1. The zero-order valence-electron chi connectivity index (χ0n) is 10.1. The number of carboxylic acid groups (broad SMARTS) is 1. The van der Waals surface area contributed by atoms with E-state index in [1.807, 2.05) is 0 Å². The Balaban J connectivity index is 2.68. The van der Waals surface area contributed by atoms with Gasteiger partial charge in [-0.1, -0.05) is 15.9 Å². The van der Waals surface area contributed by atoms with Crippen molar-refractivity contribution in [1.82, 2.24) is 5.32 Å². The molecule has 0 bridgehead atoms. The molecule has 1 amide bonds. The van der Waals surface area contributed by atoms with Gasteiger partial charge in [-0.2, -0.15) is 0 Å². The van der Waals surface area contributed by atoms with Crippen LogP contribution < -0.4 is 5.32 Å². The Morgan fingerprint density at radius 2 is 2.00 bits per heavy atom. The molecule has 0 aliphatic carbocycles. The predicted octanol–water partition coefficient (Wildman–Crippen LogP) is 2.17. The predicted molar refractivity (Wildman–Crippen MR) is 77.1 cm³/mol. The van der Waals surface area contributed by atoms with Crippen LogP contribution in [0.1, 0.15) is 23.7 Å². The lowest BCUT2D eigenvalue weighted by Gasteiger charge is -2.21. The minimum absolute atomic E-state index is 0.138. The lowest BCUT2D eigenvalue weighted by atomic mass is 10.0. The molecule has 3 N–H and O–H groups in total. The quantitative estimate of drug-likeness (QED) is 0.714. The summed E-state index contributed by atoms with van der Waals surface area (Å²) >= 11 is 6.54. The van der Waals surface area contributed by atoms with E-state index in [9.17, 15) is 14.7 Å². The molecule has 0 spiro atoms. The molecule has 5 nitrogen and oxygen atoms in total. The molecule has 0 saturated heterocycles. The summed E-state index contributed by atoms with van der Waals surface area (Å²) < 4.78 is 1.44. The highest BCUT2D eigenvalue weighted by molar-refractivity contribution is 9.11. The Morgan fingerprint density at radius 3 is 2.53 bits per heavy atom. The summed E-state index contributed by atoms with van der Waals surface area (Å²) in [5, 5.41) is 20.9. The highest BCUT2D eigenvalue weighted by atomic mass is 79.9.